The quantitative estimate of drug-likeness (QED) is 0.534. The molecule has 0 saturated carbocycles. The van der Waals surface area contributed by atoms with Crippen LogP contribution in [-0.4, -0.2) is 24.9 Å². The summed E-state index contributed by atoms with van der Waals surface area (Å²) in [6.45, 7) is 12.0. The molecule has 0 atom stereocenters. The van der Waals surface area contributed by atoms with Crippen molar-refractivity contribution >= 4 is 11.8 Å². The molecule has 0 aromatic carbocycles. The lowest BCUT2D eigenvalue weighted by Gasteiger charge is -2.07. The van der Waals surface area contributed by atoms with E-state index in [2.05, 4.69) is 31.4 Å². The van der Waals surface area contributed by atoms with Crippen molar-refractivity contribution in [2.75, 3.05) is 13.1 Å². The van der Waals surface area contributed by atoms with E-state index in [-0.39, 0.29) is 11.8 Å². The molecule has 0 aliphatic carbocycles. The predicted molar refractivity (Wildman–Crippen MR) is 94.8 cm³/mol. The van der Waals surface area contributed by atoms with Gasteiger partial charge in [0.05, 0.1) is 0 Å². The minimum atomic E-state index is -0.0175. The van der Waals surface area contributed by atoms with Gasteiger partial charge in [-0.2, -0.15) is 0 Å². The average Bonchev–Trinajstić information content (AvgIpc) is 2.51. The van der Waals surface area contributed by atoms with Crippen molar-refractivity contribution in [3.63, 3.8) is 0 Å². The lowest BCUT2D eigenvalue weighted by Crippen LogP contribution is -2.28. The van der Waals surface area contributed by atoms with Crippen molar-refractivity contribution in [3.8, 4) is 0 Å². The van der Waals surface area contributed by atoms with Gasteiger partial charge in [-0.05, 0) is 18.8 Å². The van der Waals surface area contributed by atoms with E-state index in [1.807, 2.05) is 13.8 Å². The highest BCUT2D eigenvalue weighted by Gasteiger charge is 2.05. The van der Waals surface area contributed by atoms with Crippen molar-refractivity contribution in [1.82, 2.24) is 10.6 Å². The van der Waals surface area contributed by atoms with Crippen LogP contribution in [0.2, 0.25) is 0 Å². The molecule has 0 bridgehead atoms. The third kappa shape index (κ3) is 18.9. The van der Waals surface area contributed by atoms with Gasteiger partial charge in [-0.15, -0.1) is 0 Å². The highest BCUT2D eigenvalue weighted by Crippen LogP contribution is 2.05. The van der Waals surface area contributed by atoms with Crippen LogP contribution in [-0.2, 0) is 9.59 Å². The van der Waals surface area contributed by atoms with Crippen LogP contribution >= 0.6 is 0 Å². The first-order valence-electron chi connectivity index (χ1n) is 9.09. The van der Waals surface area contributed by atoms with Gasteiger partial charge in [-0.1, -0.05) is 60.3 Å². The molecule has 0 spiro atoms. The summed E-state index contributed by atoms with van der Waals surface area (Å²) >= 11 is 0. The summed E-state index contributed by atoms with van der Waals surface area (Å²) in [5.74, 6) is 0.691. The van der Waals surface area contributed by atoms with E-state index < -0.39 is 0 Å². The standard InChI is InChI=1S/C16H32N2O2.C2H6/c1-4-5-7-12-17-15(19)10-11-16(20)18-13-8-6-9-14(2)3;1-2/h14H,4-13H2,1-3H3,(H,17,19)(H,18,20);1-2H3. The maximum Gasteiger partial charge on any atom is 0.220 e. The van der Waals surface area contributed by atoms with Crippen LogP contribution < -0.4 is 10.6 Å². The molecule has 0 aliphatic heterocycles. The molecule has 0 aromatic rings. The van der Waals surface area contributed by atoms with Crippen molar-refractivity contribution in [2.24, 2.45) is 5.92 Å². The number of nitrogens with one attached hydrogen (secondary N) is 2. The highest BCUT2D eigenvalue weighted by molar-refractivity contribution is 5.83. The number of amides is 2. The first-order chi connectivity index (χ1) is 10.6. The first kappa shape index (κ1) is 23.2. The van der Waals surface area contributed by atoms with Gasteiger partial charge in [-0.25, -0.2) is 0 Å². The Morgan fingerprint density at radius 1 is 0.818 bits per heavy atom. The maximum atomic E-state index is 11.5. The maximum absolute atomic E-state index is 11.5. The smallest absolute Gasteiger partial charge is 0.220 e. The Labute approximate surface area is 137 Å². The van der Waals surface area contributed by atoms with Crippen molar-refractivity contribution in [2.45, 2.75) is 86.0 Å². The number of hydrogen-bond donors (Lipinski definition) is 2. The molecule has 22 heavy (non-hydrogen) atoms. The van der Waals surface area contributed by atoms with Crippen LogP contribution in [0.1, 0.15) is 86.0 Å². The highest BCUT2D eigenvalue weighted by atomic mass is 16.2. The molecule has 0 unspecified atom stereocenters. The van der Waals surface area contributed by atoms with Gasteiger partial charge in [-0.3, -0.25) is 9.59 Å². The Hall–Kier alpha value is -1.06. The van der Waals surface area contributed by atoms with Gasteiger partial charge in [0.2, 0.25) is 11.8 Å². The summed E-state index contributed by atoms with van der Waals surface area (Å²) in [7, 11) is 0. The van der Waals surface area contributed by atoms with Crippen molar-refractivity contribution in [3.05, 3.63) is 0 Å². The molecule has 0 fully saturated rings. The van der Waals surface area contributed by atoms with E-state index in [1.54, 1.807) is 0 Å². The zero-order chi connectivity index (χ0) is 17.2. The minimum absolute atomic E-state index is 0.0155. The molecular weight excluding hydrogens is 276 g/mol. The average molecular weight is 315 g/mol. The van der Waals surface area contributed by atoms with Gasteiger partial charge in [0.1, 0.15) is 0 Å². The molecule has 4 heteroatoms. The third-order valence-electron chi connectivity index (χ3n) is 3.21. The largest absolute Gasteiger partial charge is 0.356 e. The van der Waals surface area contributed by atoms with Gasteiger partial charge in [0.15, 0.2) is 0 Å². The molecular formula is C18H38N2O2. The fraction of sp³-hybridized carbons (Fsp3) is 0.889. The molecule has 132 valence electrons. The van der Waals surface area contributed by atoms with Crippen LogP contribution in [0.15, 0.2) is 0 Å². The monoisotopic (exact) mass is 314 g/mol. The Bertz CT molecular complexity index is 266. The Morgan fingerprint density at radius 3 is 1.68 bits per heavy atom. The van der Waals surface area contributed by atoms with Crippen molar-refractivity contribution < 1.29 is 9.59 Å². The molecule has 0 aliphatic rings. The number of carbonyl (C=O) groups is 2. The molecule has 0 aromatic heterocycles. The van der Waals surface area contributed by atoms with E-state index in [0.717, 1.165) is 51.1 Å². The summed E-state index contributed by atoms with van der Waals surface area (Å²) in [4.78, 5) is 23.0. The summed E-state index contributed by atoms with van der Waals surface area (Å²) in [5, 5.41) is 5.71. The van der Waals surface area contributed by atoms with Crippen LogP contribution in [0.4, 0.5) is 0 Å². The number of hydrogen-bond acceptors (Lipinski definition) is 2. The van der Waals surface area contributed by atoms with Gasteiger partial charge >= 0.3 is 0 Å². The number of unbranched alkanes of at least 4 members (excludes halogenated alkanes) is 3. The number of carbonyl (C=O) groups excluding carboxylic acids is 2. The SMILES string of the molecule is CC.CCCCCNC(=O)CCC(=O)NCCCCC(C)C. The fourth-order valence-electron chi connectivity index (χ4n) is 1.91. The topological polar surface area (TPSA) is 58.2 Å². The third-order valence-corrected chi connectivity index (χ3v) is 3.21. The van der Waals surface area contributed by atoms with E-state index in [0.29, 0.717) is 12.8 Å². The second-order valence-corrected chi connectivity index (χ2v) is 5.80. The zero-order valence-corrected chi connectivity index (χ0v) is 15.5. The molecule has 0 saturated heterocycles. The van der Waals surface area contributed by atoms with Crippen LogP contribution in [0.5, 0.6) is 0 Å². The number of rotatable bonds is 12. The van der Waals surface area contributed by atoms with E-state index in [9.17, 15) is 9.59 Å². The van der Waals surface area contributed by atoms with Gasteiger partial charge in [0, 0.05) is 25.9 Å². The second-order valence-electron chi connectivity index (χ2n) is 5.80. The van der Waals surface area contributed by atoms with Gasteiger partial charge in [0.25, 0.3) is 0 Å². The summed E-state index contributed by atoms with van der Waals surface area (Å²) < 4.78 is 0. The Balaban J connectivity index is 0. The van der Waals surface area contributed by atoms with Crippen molar-refractivity contribution in [1.29, 1.82) is 0 Å². The Morgan fingerprint density at radius 2 is 1.27 bits per heavy atom. The second kappa shape index (κ2) is 18.0. The van der Waals surface area contributed by atoms with E-state index in [4.69, 9.17) is 0 Å². The van der Waals surface area contributed by atoms with Crippen LogP contribution in [0.3, 0.4) is 0 Å². The van der Waals surface area contributed by atoms with E-state index >= 15 is 0 Å². The van der Waals surface area contributed by atoms with Crippen LogP contribution in [0, 0.1) is 5.92 Å². The molecule has 0 heterocycles. The summed E-state index contributed by atoms with van der Waals surface area (Å²) in [6.07, 6.45) is 7.27. The van der Waals surface area contributed by atoms with Gasteiger partial charge < -0.3 is 10.6 Å². The normalized spacial score (nSPS) is 9.91. The minimum Gasteiger partial charge on any atom is -0.356 e. The fourth-order valence-corrected chi connectivity index (χ4v) is 1.91. The molecule has 2 amide bonds. The predicted octanol–water partition coefficient (Wildman–Crippen LogP) is 4.04. The first-order valence-corrected chi connectivity index (χ1v) is 9.09. The summed E-state index contributed by atoms with van der Waals surface area (Å²) in [6, 6.07) is 0. The zero-order valence-electron chi connectivity index (χ0n) is 15.5. The van der Waals surface area contributed by atoms with Crippen LogP contribution in [0.25, 0.3) is 0 Å². The molecule has 0 rings (SSSR count). The summed E-state index contributed by atoms with van der Waals surface area (Å²) in [5.41, 5.74) is 0. The molecule has 4 nitrogen and oxygen atoms in total. The molecule has 0 radical (unpaired) electrons. The molecule has 2 N–H and O–H groups in total. The lowest BCUT2D eigenvalue weighted by atomic mass is 10.1. The Kier molecular flexibility index (Phi) is 19.0. The van der Waals surface area contributed by atoms with E-state index in [1.165, 1.54) is 6.42 Å². The lowest BCUT2D eigenvalue weighted by molar-refractivity contribution is -0.126.